The van der Waals surface area contributed by atoms with Crippen molar-refractivity contribution in [1.82, 2.24) is 15.1 Å². The quantitative estimate of drug-likeness (QED) is 0.832. The van der Waals surface area contributed by atoms with Gasteiger partial charge in [0.1, 0.15) is 15.6 Å². The molecule has 2 heterocycles. The van der Waals surface area contributed by atoms with Crippen molar-refractivity contribution in [1.29, 1.82) is 0 Å². The largest absolute Gasteiger partial charge is 0.444 e. The lowest BCUT2D eigenvalue weighted by atomic mass is 9.81. The van der Waals surface area contributed by atoms with Crippen LogP contribution in [0.1, 0.15) is 69.3 Å². The van der Waals surface area contributed by atoms with Gasteiger partial charge in [-0.25, -0.2) is 4.79 Å². The fourth-order valence-electron chi connectivity index (χ4n) is 2.70. The number of nitrogens with zero attached hydrogens (tertiary/aromatic N) is 3. The third-order valence-electron chi connectivity index (χ3n) is 4.40. The van der Waals surface area contributed by atoms with E-state index in [1.165, 1.54) is 17.8 Å². The maximum absolute atomic E-state index is 12.1. The molecule has 1 aliphatic heterocycles. The van der Waals surface area contributed by atoms with Crippen molar-refractivity contribution in [3.05, 3.63) is 10.0 Å². The Balaban J connectivity index is 1.61. The molecule has 0 radical (unpaired) electrons. The minimum absolute atomic E-state index is 0.0450. The summed E-state index contributed by atoms with van der Waals surface area (Å²) in [5, 5.41) is 11.1. The summed E-state index contributed by atoms with van der Waals surface area (Å²) in [6, 6.07) is 0. The highest BCUT2D eigenvalue weighted by Gasteiger charge is 2.38. The number of aromatic nitrogens is 2. The van der Waals surface area contributed by atoms with Gasteiger partial charge in [0, 0.05) is 24.4 Å². The van der Waals surface area contributed by atoms with Gasteiger partial charge in [-0.3, -0.25) is 0 Å². The lowest BCUT2D eigenvalue weighted by Gasteiger charge is -2.38. The van der Waals surface area contributed by atoms with Crippen molar-refractivity contribution < 1.29 is 9.53 Å². The molecule has 1 saturated heterocycles. The monoisotopic (exact) mass is 323 g/mol. The van der Waals surface area contributed by atoms with E-state index in [1.807, 2.05) is 25.7 Å². The molecule has 1 aromatic rings. The Labute approximate surface area is 136 Å². The van der Waals surface area contributed by atoms with Gasteiger partial charge in [-0.05, 0) is 46.5 Å². The molecule has 3 rings (SSSR count). The van der Waals surface area contributed by atoms with Gasteiger partial charge in [-0.15, -0.1) is 21.5 Å². The van der Waals surface area contributed by atoms with E-state index in [2.05, 4.69) is 17.1 Å². The van der Waals surface area contributed by atoms with Gasteiger partial charge in [0.2, 0.25) is 0 Å². The molecule has 0 aromatic carbocycles. The molecule has 5 nitrogen and oxygen atoms in total. The molecule has 2 aliphatic rings. The number of hydrogen-bond acceptors (Lipinski definition) is 5. The Morgan fingerprint density at radius 3 is 2.45 bits per heavy atom. The molecule has 1 amide bonds. The molecular formula is C16H25N3O2S. The highest BCUT2D eigenvalue weighted by atomic mass is 32.1. The number of rotatable bonds is 2. The van der Waals surface area contributed by atoms with Gasteiger partial charge in [-0.2, -0.15) is 0 Å². The van der Waals surface area contributed by atoms with Gasteiger partial charge in [0.15, 0.2) is 0 Å². The summed E-state index contributed by atoms with van der Waals surface area (Å²) >= 11 is 1.77. The van der Waals surface area contributed by atoms with E-state index >= 15 is 0 Å². The van der Waals surface area contributed by atoms with Crippen molar-refractivity contribution in [2.75, 3.05) is 13.1 Å². The van der Waals surface area contributed by atoms with E-state index in [4.69, 9.17) is 4.74 Å². The lowest BCUT2D eigenvalue weighted by molar-refractivity contribution is 0.0171. The average molecular weight is 323 g/mol. The van der Waals surface area contributed by atoms with Gasteiger partial charge in [0.25, 0.3) is 0 Å². The summed E-state index contributed by atoms with van der Waals surface area (Å²) in [5.41, 5.74) is -0.389. The van der Waals surface area contributed by atoms with E-state index in [0.29, 0.717) is 5.92 Å². The highest BCUT2D eigenvalue weighted by Crippen LogP contribution is 2.44. The predicted octanol–water partition coefficient (Wildman–Crippen LogP) is 3.70. The predicted molar refractivity (Wildman–Crippen MR) is 86.3 cm³/mol. The van der Waals surface area contributed by atoms with Gasteiger partial charge >= 0.3 is 6.09 Å². The fraction of sp³-hybridized carbons (Fsp3) is 0.812. The van der Waals surface area contributed by atoms with Crippen LogP contribution in [-0.4, -0.2) is 39.9 Å². The van der Waals surface area contributed by atoms with Crippen LogP contribution in [0.15, 0.2) is 0 Å². The first-order valence-corrected chi connectivity index (χ1v) is 8.90. The molecule has 0 bridgehead atoms. The van der Waals surface area contributed by atoms with Crippen LogP contribution in [0, 0.1) is 0 Å². The fourth-order valence-corrected chi connectivity index (χ4v) is 3.91. The third kappa shape index (κ3) is 3.42. The number of ether oxygens (including phenoxy) is 1. The molecule has 1 saturated carbocycles. The number of carbonyl (C=O) groups excluding carboxylic acids is 1. The van der Waals surface area contributed by atoms with Crippen LogP contribution in [0.25, 0.3) is 0 Å². The first-order valence-electron chi connectivity index (χ1n) is 8.09. The van der Waals surface area contributed by atoms with Crippen LogP contribution in [0.5, 0.6) is 0 Å². The average Bonchev–Trinajstić information content (AvgIpc) is 3.14. The Bertz CT molecular complexity index is 552. The Morgan fingerprint density at radius 1 is 1.27 bits per heavy atom. The standard InChI is InChI=1S/C16H25N3O2S/c1-15(2,3)21-14(20)19-9-7-16(4,8-10-19)13-18-17-12(22-13)11-5-6-11/h11H,5-10H2,1-4H3. The van der Waals surface area contributed by atoms with Crippen molar-refractivity contribution in [2.24, 2.45) is 0 Å². The smallest absolute Gasteiger partial charge is 0.410 e. The highest BCUT2D eigenvalue weighted by molar-refractivity contribution is 7.11. The number of piperidine rings is 1. The van der Waals surface area contributed by atoms with Crippen LogP contribution in [-0.2, 0) is 10.2 Å². The molecule has 22 heavy (non-hydrogen) atoms. The first kappa shape index (κ1) is 15.7. The third-order valence-corrected chi connectivity index (χ3v) is 5.79. The Morgan fingerprint density at radius 2 is 1.91 bits per heavy atom. The summed E-state index contributed by atoms with van der Waals surface area (Å²) in [4.78, 5) is 14.0. The zero-order valence-corrected chi connectivity index (χ0v) is 14.7. The lowest BCUT2D eigenvalue weighted by Crippen LogP contribution is -2.45. The van der Waals surface area contributed by atoms with E-state index in [-0.39, 0.29) is 11.5 Å². The number of carbonyl (C=O) groups is 1. The number of amides is 1. The zero-order valence-electron chi connectivity index (χ0n) is 13.9. The molecule has 0 spiro atoms. The minimum atomic E-state index is -0.434. The summed E-state index contributed by atoms with van der Waals surface area (Å²) in [6.45, 7) is 9.41. The summed E-state index contributed by atoms with van der Waals surface area (Å²) in [6.07, 6.45) is 4.16. The molecule has 122 valence electrons. The van der Waals surface area contributed by atoms with Crippen LogP contribution in [0.3, 0.4) is 0 Å². The first-order chi connectivity index (χ1) is 10.3. The molecule has 1 aromatic heterocycles. The zero-order chi connectivity index (χ0) is 16.0. The van der Waals surface area contributed by atoms with E-state index in [9.17, 15) is 4.79 Å². The van der Waals surface area contributed by atoms with E-state index < -0.39 is 5.60 Å². The molecular weight excluding hydrogens is 298 g/mol. The number of likely N-dealkylation sites (tertiary alicyclic amines) is 1. The van der Waals surface area contributed by atoms with Crippen LogP contribution >= 0.6 is 11.3 Å². The molecule has 6 heteroatoms. The minimum Gasteiger partial charge on any atom is -0.444 e. The normalized spacial score (nSPS) is 21.7. The van der Waals surface area contributed by atoms with Crippen molar-refractivity contribution in [3.8, 4) is 0 Å². The summed E-state index contributed by atoms with van der Waals surface area (Å²) < 4.78 is 5.46. The maximum atomic E-state index is 12.1. The molecule has 1 aliphatic carbocycles. The summed E-state index contributed by atoms with van der Waals surface area (Å²) in [7, 11) is 0. The topological polar surface area (TPSA) is 55.3 Å². The van der Waals surface area contributed by atoms with Gasteiger partial charge in [-0.1, -0.05) is 6.92 Å². The Hall–Kier alpha value is -1.17. The van der Waals surface area contributed by atoms with Gasteiger partial charge in [0.05, 0.1) is 0 Å². The van der Waals surface area contributed by atoms with Crippen molar-refractivity contribution in [3.63, 3.8) is 0 Å². The van der Waals surface area contributed by atoms with Crippen molar-refractivity contribution >= 4 is 17.4 Å². The maximum Gasteiger partial charge on any atom is 0.410 e. The number of hydrogen-bond donors (Lipinski definition) is 0. The molecule has 0 atom stereocenters. The second kappa shape index (κ2) is 5.48. The van der Waals surface area contributed by atoms with Crippen LogP contribution in [0.4, 0.5) is 4.79 Å². The second-order valence-electron chi connectivity index (χ2n) is 7.75. The van der Waals surface area contributed by atoms with Crippen molar-refractivity contribution in [2.45, 2.75) is 70.3 Å². The van der Waals surface area contributed by atoms with E-state index in [0.717, 1.165) is 30.9 Å². The molecule has 0 unspecified atom stereocenters. The van der Waals surface area contributed by atoms with Crippen LogP contribution < -0.4 is 0 Å². The summed E-state index contributed by atoms with van der Waals surface area (Å²) in [5.74, 6) is 0.664. The molecule has 0 N–H and O–H groups in total. The SMILES string of the molecule is CC(C)(C)OC(=O)N1CCC(C)(c2nnc(C3CC3)s2)CC1. The van der Waals surface area contributed by atoms with E-state index in [1.54, 1.807) is 11.3 Å². The second-order valence-corrected chi connectivity index (χ2v) is 8.76. The Kier molecular flexibility index (Phi) is 3.91. The molecule has 2 fully saturated rings. The van der Waals surface area contributed by atoms with Gasteiger partial charge < -0.3 is 9.64 Å². The van der Waals surface area contributed by atoms with Crippen LogP contribution in [0.2, 0.25) is 0 Å².